The van der Waals surface area contributed by atoms with Crippen molar-refractivity contribution >= 4 is 29.1 Å². The number of halogens is 1. The van der Waals surface area contributed by atoms with Crippen LogP contribution < -0.4 is 4.74 Å². The van der Waals surface area contributed by atoms with Gasteiger partial charge in [-0.1, -0.05) is 48.3 Å². The maximum absolute atomic E-state index is 12.0. The van der Waals surface area contributed by atoms with E-state index >= 15 is 0 Å². The van der Waals surface area contributed by atoms with Gasteiger partial charge in [0.2, 0.25) is 0 Å². The summed E-state index contributed by atoms with van der Waals surface area (Å²) in [4.78, 5) is 12.0. The Balaban J connectivity index is 1.57. The number of para-hydroxylation sites is 1. The maximum atomic E-state index is 12.0. The molecule has 1 heterocycles. The number of nitrogens with zero attached hydrogens (tertiary/aromatic N) is 2. The van der Waals surface area contributed by atoms with Gasteiger partial charge < -0.3 is 9.15 Å². The number of ketones is 1. The van der Waals surface area contributed by atoms with Crippen LogP contribution in [0, 0.1) is 0 Å². The van der Waals surface area contributed by atoms with Crippen molar-refractivity contribution in [2.45, 2.75) is 49.2 Å². The van der Waals surface area contributed by atoms with Crippen molar-refractivity contribution in [3.05, 3.63) is 35.2 Å². The van der Waals surface area contributed by atoms with Gasteiger partial charge in [-0.2, -0.15) is 0 Å². The molecule has 23 heavy (non-hydrogen) atoms. The minimum atomic E-state index is -0.0738. The van der Waals surface area contributed by atoms with Crippen molar-refractivity contribution in [3.63, 3.8) is 0 Å². The summed E-state index contributed by atoms with van der Waals surface area (Å²) in [7, 11) is 0. The van der Waals surface area contributed by atoms with E-state index in [-0.39, 0.29) is 17.6 Å². The van der Waals surface area contributed by atoms with Crippen molar-refractivity contribution in [1.82, 2.24) is 10.2 Å². The molecule has 5 nitrogen and oxygen atoms in total. The van der Waals surface area contributed by atoms with Gasteiger partial charge in [-0.3, -0.25) is 4.79 Å². The van der Waals surface area contributed by atoms with E-state index in [0.29, 0.717) is 28.3 Å². The van der Waals surface area contributed by atoms with E-state index in [0.717, 1.165) is 25.7 Å². The predicted octanol–water partition coefficient (Wildman–Crippen LogP) is 4.30. The summed E-state index contributed by atoms with van der Waals surface area (Å²) in [5.74, 6) is 1.22. The van der Waals surface area contributed by atoms with Crippen LogP contribution in [0.5, 0.6) is 5.75 Å². The lowest BCUT2D eigenvalue weighted by atomic mass is 10.2. The molecule has 1 saturated carbocycles. The van der Waals surface area contributed by atoms with Crippen molar-refractivity contribution < 1.29 is 13.9 Å². The third-order valence-corrected chi connectivity index (χ3v) is 5.09. The Morgan fingerprint density at radius 2 is 2.13 bits per heavy atom. The SMILES string of the molecule is O=C1CCCCC[C@H]1Sc1nnc(COc2ccccc2Cl)o1. The number of thioether (sulfide) groups is 1. The summed E-state index contributed by atoms with van der Waals surface area (Å²) < 4.78 is 11.1. The molecule has 3 rings (SSSR count). The molecule has 0 radical (unpaired) electrons. The number of ether oxygens (including phenoxy) is 1. The molecule has 1 fully saturated rings. The molecule has 1 aliphatic carbocycles. The number of carbonyl (C=O) groups is 1. The average Bonchev–Trinajstić information content (AvgIpc) is 2.90. The molecule has 0 unspecified atom stereocenters. The molecule has 1 atom stereocenters. The second kappa shape index (κ2) is 7.84. The molecule has 0 saturated heterocycles. The Morgan fingerprint density at radius 3 is 3.00 bits per heavy atom. The fraction of sp³-hybridized carbons (Fsp3) is 0.438. The first-order valence-corrected chi connectivity index (χ1v) is 8.87. The number of hydrogen-bond donors (Lipinski definition) is 0. The van der Waals surface area contributed by atoms with E-state index in [1.165, 1.54) is 11.8 Å². The maximum Gasteiger partial charge on any atom is 0.277 e. The average molecular weight is 353 g/mol. The van der Waals surface area contributed by atoms with Crippen LogP contribution in [-0.2, 0) is 11.4 Å². The molecular formula is C16H17ClN2O3S. The van der Waals surface area contributed by atoms with Crippen molar-refractivity contribution in [1.29, 1.82) is 0 Å². The quantitative estimate of drug-likeness (QED) is 0.747. The summed E-state index contributed by atoms with van der Waals surface area (Å²) in [5.41, 5.74) is 0. The highest BCUT2D eigenvalue weighted by molar-refractivity contribution is 8.00. The molecule has 7 heteroatoms. The van der Waals surface area contributed by atoms with Crippen molar-refractivity contribution in [2.75, 3.05) is 0 Å². The van der Waals surface area contributed by atoms with Gasteiger partial charge in [-0.25, -0.2) is 0 Å². The Kier molecular flexibility index (Phi) is 5.56. The Bertz CT molecular complexity index is 677. The van der Waals surface area contributed by atoms with E-state index in [9.17, 15) is 4.79 Å². The van der Waals surface area contributed by atoms with Crippen molar-refractivity contribution in [2.24, 2.45) is 0 Å². The number of rotatable bonds is 5. The van der Waals surface area contributed by atoms with Crippen LogP contribution in [0.3, 0.4) is 0 Å². The molecular weight excluding hydrogens is 336 g/mol. The minimum absolute atomic E-state index is 0.0738. The number of Topliss-reactive ketones (excluding diaryl/α,β-unsaturated/α-hetero) is 1. The van der Waals surface area contributed by atoms with E-state index < -0.39 is 0 Å². The summed E-state index contributed by atoms with van der Waals surface area (Å²) in [6.45, 7) is 0.149. The second-order valence-electron chi connectivity index (χ2n) is 5.35. The molecule has 1 aromatic carbocycles. The number of carbonyl (C=O) groups excluding carboxylic acids is 1. The van der Waals surface area contributed by atoms with E-state index in [1.54, 1.807) is 12.1 Å². The third kappa shape index (κ3) is 4.48. The molecule has 1 aromatic heterocycles. The van der Waals surface area contributed by atoms with Crippen LogP contribution in [0.1, 0.15) is 38.0 Å². The second-order valence-corrected chi connectivity index (χ2v) is 6.91. The van der Waals surface area contributed by atoms with Crippen LogP contribution in [0.25, 0.3) is 0 Å². The van der Waals surface area contributed by atoms with Gasteiger partial charge in [0.1, 0.15) is 11.5 Å². The highest BCUT2D eigenvalue weighted by atomic mass is 35.5. The fourth-order valence-corrected chi connectivity index (χ4v) is 3.62. The lowest BCUT2D eigenvalue weighted by Gasteiger charge is -2.08. The van der Waals surface area contributed by atoms with Crippen LogP contribution in [0.4, 0.5) is 0 Å². The zero-order valence-corrected chi connectivity index (χ0v) is 14.1. The van der Waals surface area contributed by atoms with Gasteiger partial charge in [0.15, 0.2) is 6.61 Å². The van der Waals surface area contributed by atoms with Gasteiger partial charge in [0.05, 0.1) is 10.3 Å². The van der Waals surface area contributed by atoms with Gasteiger partial charge in [0.25, 0.3) is 11.1 Å². The van der Waals surface area contributed by atoms with Gasteiger partial charge in [-0.05, 0) is 25.0 Å². The summed E-state index contributed by atoms with van der Waals surface area (Å²) in [6.07, 6.45) is 4.69. The molecule has 2 aromatic rings. The number of hydrogen-bond acceptors (Lipinski definition) is 6. The van der Waals surface area contributed by atoms with Gasteiger partial charge in [0, 0.05) is 6.42 Å². The first kappa shape index (κ1) is 16.3. The molecule has 0 N–H and O–H groups in total. The number of benzene rings is 1. The minimum Gasteiger partial charge on any atom is -0.482 e. The first-order valence-electron chi connectivity index (χ1n) is 7.61. The zero-order chi connectivity index (χ0) is 16.1. The normalized spacial score (nSPS) is 18.7. The molecule has 122 valence electrons. The Labute approximate surface area is 143 Å². The van der Waals surface area contributed by atoms with E-state index in [2.05, 4.69) is 10.2 Å². The smallest absolute Gasteiger partial charge is 0.277 e. The lowest BCUT2D eigenvalue weighted by Crippen LogP contribution is -2.14. The first-order chi connectivity index (χ1) is 11.2. The van der Waals surface area contributed by atoms with Crippen LogP contribution in [0.15, 0.2) is 33.9 Å². The molecule has 0 amide bonds. The standard InChI is InChI=1S/C16H17ClN2O3S/c17-11-6-4-5-8-13(11)21-10-15-18-19-16(22-15)23-14-9-3-1-2-7-12(14)20/h4-6,8,14H,1-3,7,9-10H2/t14-/m1/s1. The summed E-state index contributed by atoms with van der Waals surface area (Å²) in [5, 5.41) is 8.83. The highest BCUT2D eigenvalue weighted by Crippen LogP contribution is 2.30. The number of aromatic nitrogens is 2. The van der Waals surface area contributed by atoms with E-state index in [1.807, 2.05) is 12.1 Å². The topological polar surface area (TPSA) is 65.2 Å². The molecule has 1 aliphatic rings. The summed E-state index contributed by atoms with van der Waals surface area (Å²) in [6, 6.07) is 7.20. The molecule has 0 bridgehead atoms. The van der Waals surface area contributed by atoms with Gasteiger partial charge >= 0.3 is 0 Å². The van der Waals surface area contributed by atoms with Gasteiger partial charge in [-0.15, -0.1) is 10.2 Å². The fourth-order valence-electron chi connectivity index (χ4n) is 2.42. The van der Waals surface area contributed by atoms with Crippen molar-refractivity contribution in [3.8, 4) is 5.75 Å². The monoisotopic (exact) mass is 352 g/mol. The Hall–Kier alpha value is -1.53. The zero-order valence-electron chi connectivity index (χ0n) is 12.5. The largest absolute Gasteiger partial charge is 0.482 e. The highest BCUT2D eigenvalue weighted by Gasteiger charge is 2.24. The van der Waals surface area contributed by atoms with Crippen LogP contribution in [-0.4, -0.2) is 21.2 Å². The Morgan fingerprint density at radius 1 is 1.26 bits per heavy atom. The van der Waals surface area contributed by atoms with E-state index in [4.69, 9.17) is 20.8 Å². The lowest BCUT2D eigenvalue weighted by molar-refractivity contribution is -0.118. The van der Waals surface area contributed by atoms with Crippen LogP contribution >= 0.6 is 23.4 Å². The molecule has 0 spiro atoms. The summed E-state index contributed by atoms with van der Waals surface area (Å²) >= 11 is 7.38. The van der Waals surface area contributed by atoms with Crippen LogP contribution in [0.2, 0.25) is 5.02 Å². The predicted molar refractivity (Wildman–Crippen MR) is 87.8 cm³/mol. The third-order valence-electron chi connectivity index (χ3n) is 3.63. The molecule has 0 aliphatic heterocycles.